The van der Waals surface area contributed by atoms with Crippen LogP contribution in [0.15, 0.2) is 0 Å². The monoisotopic (exact) mass is 321 g/mol. The third-order valence-corrected chi connectivity index (χ3v) is 5.03. The van der Waals surface area contributed by atoms with Gasteiger partial charge in [-0.05, 0) is 45.2 Å². The third-order valence-electron chi connectivity index (χ3n) is 5.03. The zero-order chi connectivity index (χ0) is 16.4. The second kappa shape index (κ2) is 6.88. The zero-order valence-electron chi connectivity index (χ0n) is 13.1. The Kier molecular flexibility index (Phi) is 4.86. The molecule has 125 valence electrons. The van der Waals surface area contributed by atoms with Gasteiger partial charge in [-0.1, -0.05) is 0 Å². The van der Waals surface area contributed by atoms with Crippen LogP contribution in [-0.4, -0.2) is 83.3 Å². The Bertz CT molecular complexity index is 491. The van der Waals surface area contributed by atoms with Gasteiger partial charge in [0, 0.05) is 12.6 Å². The van der Waals surface area contributed by atoms with Crippen LogP contribution >= 0.6 is 0 Å². The molecule has 3 fully saturated rings. The minimum Gasteiger partial charge on any atom is -0.352 e. The number of carbonyl (C=O) groups is 3. The molecule has 3 aliphatic rings. The van der Waals surface area contributed by atoms with E-state index in [0.29, 0.717) is 19.4 Å². The van der Waals surface area contributed by atoms with Crippen molar-refractivity contribution in [1.29, 1.82) is 0 Å². The van der Waals surface area contributed by atoms with Crippen LogP contribution in [0.4, 0.5) is 4.79 Å². The number of hydroxylamine groups is 2. The molecule has 0 unspecified atom stereocenters. The van der Waals surface area contributed by atoms with E-state index in [4.69, 9.17) is 0 Å². The Hall–Kier alpha value is -1.61. The van der Waals surface area contributed by atoms with Gasteiger partial charge < -0.3 is 19.8 Å². The van der Waals surface area contributed by atoms with E-state index >= 15 is 0 Å². The van der Waals surface area contributed by atoms with Gasteiger partial charge in [0.2, 0.25) is 5.91 Å². The van der Waals surface area contributed by atoms with Crippen LogP contribution in [0.1, 0.15) is 32.1 Å². The van der Waals surface area contributed by atoms with Gasteiger partial charge in [0.25, 0.3) is 7.41 Å². The van der Waals surface area contributed by atoms with E-state index in [-0.39, 0.29) is 18.0 Å². The van der Waals surface area contributed by atoms with Crippen molar-refractivity contribution in [2.45, 2.75) is 50.2 Å². The lowest BCUT2D eigenvalue weighted by molar-refractivity contribution is -0.126. The highest BCUT2D eigenvalue weighted by Crippen LogP contribution is 2.28. The number of nitrogens with one attached hydrogen (secondary N) is 1. The summed E-state index contributed by atoms with van der Waals surface area (Å²) in [6.07, 6.45) is 4.57. The minimum absolute atomic E-state index is 0.0632. The molecule has 0 aromatic heterocycles. The predicted octanol–water partition coefficient (Wildman–Crippen LogP) is -0.576. The summed E-state index contributed by atoms with van der Waals surface area (Å²) in [5, 5.41) is 13.5. The quantitative estimate of drug-likeness (QED) is 0.411. The van der Waals surface area contributed by atoms with Crippen LogP contribution in [0.25, 0.3) is 0 Å². The number of fused-ring (bicyclic) bond motifs is 2. The Morgan fingerprint density at radius 2 is 2.09 bits per heavy atom. The fourth-order valence-electron chi connectivity index (χ4n) is 3.72. The number of nitrogens with zero attached hydrogens (tertiary/aromatic N) is 3. The lowest BCUT2D eigenvalue weighted by Gasteiger charge is -2.30. The van der Waals surface area contributed by atoms with Gasteiger partial charge in [0.15, 0.2) is 0 Å². The second-order valence-corrected chi connectivity index (χ2v) is 6.48. The van der Waals surface area contributed by atoms with E-state index in [1.807, 2.05) is 4.81 Å². The number of urea groups is 1. The summed E-state index contributed by atoms with van der Waals surface area (Å²) in [5.41, 5.74) is 0. The first-order chi connectivity index (χ1) is 11.1. The molecule has 3 atom stereocenters. The summed E-state index contributed by atoms with van der Waals surface area (Å²) in [5.74, 6) is -0.134. The van der Waals surface area contributed by atoms with Crippen molar-refractivity contribution in [1.82, 2.24) is 20.1 Å². The van der Waals surface area contributed by atoms with Crippen LogP contribution in [-0.2, 0) is 9.59 Å². The van der Waals surface area contributed by atoms with E-state index in [2.05, 4.69) is 5.32 Å². The molecule has 3 aliphatic heterocycles. The normalized spacial score (nSPS) is 31.7. The molecule has 3 rings (SSSR count). The van der Waals surface area contributed by atoms with Crippen LogP contribution in [0.3, 0.4) is 0 Å². The Balaban J connectivity index is 1.55. The van der Waals surface area contributed by atoms with E-state index in [1.54, 1.807) is 7.41 Å². The van der Waals surface area contributed by atoms with E-state index in [9.17, 15) is 19.6 Å². The van der Waals surface area contributed by atoms with Crippen molar-refractivity contribution in [2.24, 2.45) is 0 Å². The summed E-state index contributed by atoms with van der Waals surface area (Å²) in [4.78, 5) is 38.5. The zero-order valence-corrected chi connectivity index (χ0v) is 13.1. The lowest BCUT2D eigenvalue weighted by atomic mass is 9.94. The molecule has 1 radical (unpaired) electrons. The number of hydrogen-bond acceptors (Lipinski definition) is 5. The van der Waals surface area contributed by atoms with Gasteiger partial charge in [-0.3, -0.25) is 10.0 Å². The molecule has 23 heavy (non-hydrogen) atoms. The molecular formula is C14H22BN4O4. The number of rotatable bonds is 4. The van der Waals surface area contributed by atoms with Crippen LogP contribution < -0.4 is 5.32 Å². The van der Waals surface area contributed by atoms with Gasteiger partial charge >= 0.3 is 6.03 Å². The summed E-state index contributed by atoms with van der Waals surface area (Å²) in [6, 6.07) is -1.08. The molecule has 2 N–H and O–H groups in total. The average molecular weight is 321 g/mol. The van der Waals surface area contributed by atoms with Crippen molar-refractivity contribution in [3.63, 3.8) is 0 Å². The number of amides is 3. The first kappa shape index (κ1) is 16.3. The Morgan fingerprint density at radius 1 is 1.26 bits per heavy atom. The van der Waals surface area contributed by atoms with Crippen molar-refractivity contribution in [2.75, 3.05) is 19.6 Å². The number of carbonyl (C=O) groups excluding carboxylic acids is 3. The molecule has 0 aliphatic carbocycles. The van der Waals surface area contributed by atoms with Crippen molar-refractivity contribution < 1.29 is 19.6 Å². The van der Waals surface area contributed by atoms with Crippen molar-refractivity contribution in [3.05, 3.63) is 0 Å². The lowest BCUT2D eigenvalue weighted by Crippen LogP contribution is -2.52. The predicted molar refractivity (Wildman–Crippen MR) is 82.4 cm³/mol. The Labute approximate surface area is 136 Å². The van der Waals surface area contributed by atoms with Crippen molar-refractivity contribution >= 4 is 25.5 Å². The molecular weight excluding hydrogens is 299 g/mol. The summed E-state index contributed by atoms with van der Waals surface area (Å²) < 4.78 is 0. The number of hydrogen-bond donors (Lipinski definition) is 2. The summed E-state index contributed by atoms with van der Waals surface area (Å²) in [6.45, 7) is 1.98. The van der Waals surface area contributed by atoms with E-state index in [0.717, 1.165) is 43.6 Å². The highest BCUT2D eigenvalue weighted by molar-refractivity contribution is 6.64. The van der Waals surface area contributed by atoms with Gasteiger partial charge in [-0.2, -0.15) is 0 Å². The second-order valence-electron chi connectivity index (χ2n) is 6.48. The third kappa shape index (κ3) is 3.35. The van der Waals surface area contributed by atoms with Gasteiger partial charge in [0.05, 0.1) is 12.2 Å². The minimum atomic E-state index is -0.489. The fourth-order valence-corrected chi connectivity index (χ4v) is 3.72. The molecule has 2 bridgehead atoms. The van der Waals surface area contributed by atoms with Gasteiger partial charge in [-0.15, -0.1) is 0 Å². The molecule has 0 spiro atoms. The maximum absolute atomic E-state index is 12.5. The molecule has 0 aromatic carbocycles. The first-order valence-electron chi connectivity index (χ1n) is 8.22. The van der Waals surface area contributed by atoms with Gasteiger partial charge in [-0.25, -0.2) is 9.86 Å². The SMILES string of the molecule is O=C[B]N1CCC[C@@H](NC(=O)[C@@H]2CC[C@@H]3CN2C(=O)N3O)CC1. The highest BCUT2D eigenvalue weighted by atomic mass is 16.5. The average Bonchev–Trinajstić information content (AvgIpc) is 2.72. The fraction of sp³-hybridized carbons (Fsp3) is 0.786. The summed E-state index contributed by atoms with van der Waals surface area (Å²) >= 11 is 0. The molecule has 8 nitrogen and oxygen atoms in total. The number of piperidine rings is 1. The molecule has 3 amide bonds. The maximum Gasteiger partial charge on any atom is 0.344 e. The Morgan fingerprint density at radius 3 is 2.87 bits per heavy atom. The molecule has 9 heteroatoms. The standard InChI is InChI=1S/C14H22BN4O4/c20-9-15-17-6-1-2-10(5-7-17)16-13(21)12-4-3-11-8-18(12)14(22)19(11)23/h9-12,23H,1-8H2,(H,16,21)/t10-,11-,12+/m1/s1. The molecule has 0 aromatic rings. The highest BCUT2D eigenvalue weighted by Gasteiger charge is 2.46. The molecule has 3 heterocycles. The maximum atomic E-state index is 12.5. The van der Waals surface area contributed by atoms with Crippen LogP contribution in [0.2, 0.25) is 0 Å². The topological polar surface area (TPSA) is 93.2 Å². The van der Waals surface area contributed by atoms with Crippen LogP contribution in [0, 0.1) is 0 Å². The van der Waals surface area contributed by atoms with E-state index in [1.165, 1.54) is 4.90 Å². The van der Waals surface area contributed by atoms with Gasteiger partial charge in [0.1, 0.15) is 6.04 Å². The summed E-state index contributed by atoms with van der Waals surface area (Å²) in [7, 11) is 1.55. The van der Waals surface area contributed by atoms with Crippen molar-refractivity contribution in [3.8, 4) is 0 Å². The van der Waals surface area contributed by atoms with E-state index < -0.39 is 12.1 Å². The molecule has 3 saturated heterocycles. The largest absolute Gasteiger partial charge is 0.352 e. The smallest absolute Gasteiger partial charge is 0.344 e. The first-order valence-corrected chi connectivity index (χ1v) is 8.22. The van der Waals surface area contributed by atoms with Crippen LogP contribution in [0.5, 0.6) is 0 Å². The molecule has 0 saturated carbocycles.